The molecule has 4 rings (SSSR count). The van der Waals surface area contributed by atoms with Crippen LogP contribution in [0.5, 0.6) is 5.75 Å². The summed E-state index contributed by atoms with van der Waals surface area (Å²) in [5, 5.41) is 7.55. The SMILES string of the molecule is Cc1nn(-c2ncccn2)c2c1[C@H](c1cccc(OCC(C)C)c1)CC(=O)N2. The van der Waals surface area contributed by atoms with E-state index in [4.69, 9.17) is 4.74 Å². The number of ether oxygens (including phenoxy) is 1. The Morgan fingerprint density at radius 2 is 2.04 bits per heavy atom. The van der Waals surface area contributed by atoms with Gasteiger partial charge >= 0.3 is 0 Å². The van der Waals surface area contributed by atoms with Crippen molar-refractivity contribution in [3.05, 3.63) is 59.5 Å². The standard InChI is InChI=1S/C21H23N5O2/c1-13(2)12-28-16-7-4-6-15(10-16)17-11-18(27)24-20-19(17)14(3)25-26(20)21-22-8-5-9-23-21/h4-10,13,17H,11-12H2,1-3H3,(H,24,27)/t17-/m0/s1. The molecule has 0 spiro atoms. The van der Waals surface area contributed by atoms with Gasteiger partial charge in [0.1, 0.15) is 11.6 Å². The van der Waals surface area contributed by atoms with Crippen LogP contribution in [0.1, 0.15) is 43.0 Å². The first-order chi connectivity index (χ1) is 13.5. The lowest BCUT2D eigenvalue weighted by Gasteiger charge is -2.24. The van der Waals surface area contributed by atoms with Crippen LogP contribution in [0.15, 0.2) is 42.7 Å². The number of carbonyl (C=O) groups is 1. The summed E-state index contributed by atoms with van der Waals surface area (Å²) in [4.78, 5) is 21.0. The summed E-state index contributed by atoms with van der Waals surface area (Å²) in [6.07, 6.45) is 3.68. The van der Waals surface area contributed by atoms with Crippen molar-refractivity contribution < 1.29 is 9.53 Å². The Morgan fingerprint density at radius 1 is 1.25 bits per heavy atom. The molecule has 0 bridgehead atoms. The van der Waals surface area contributed by atoms with Crippen LogP contribution in [-0.4, -0.2) is 32.3 Å². The highest BCUT2D eigenvalue weighted by molar-refractivity contribution is 5.95. The minimum Gasteiger partial charge on any atom is -0.493 e. The van der Waals surface area contributed by atoms with Gasteiger partial charge in [-0.2, -0.15) is 9.78 Å². The van der Waals surface area contributed by atoms with Crippen molar-refractivity contribution in [2.45, 2.75) is 33.1 Å². The number of aromatic nitrogens is 4. The fourth-order valence-corrected chi connectivity index (χ4v) is 3.46. The average molecular weight is 377 g/mol. The van der Waals surface area contributed by atoms with E-state index in [0.29, 0.717) is 30.7 Å². The van der Waals surface area contributed by atoms with Gasteiger partial charge in [0.2, 0.25) is 5.91 Å². The number of hydrogen-bond donors (Lipinski definition) is 1. The quantitative estimate of drug-likeness (QED) is 0.736. The zero-order valence-corrected chi connectivity index (χ0v) is 16.2. The molecule has 3 aromatic rings. The molecule has 1 aliphatic rings. The predicted octanol–water partition coefficient (Wildman–Crippen LogP) is 3.48. The lowest BCUT2D eigenvalue weighted by atomic mass is 9.86. The van der Waals surface area contributed by atoms with Crippen molar-refractivity contribution in [2.24, 2.45) is 5.92 Å². The molecular formula is C21H23N5O2. The molecule has 144 valence electrons. The van der Waals surface area contributed by atoms with Crippen molar-refractivity contribution in [2.75, 3.05) is 11.9 Å². The lowest BCUT2D eigenvalue weighted by molar-refractivity contribution is -0.116. The first-order valence-electron chi connectivity index (χ1n) is 9.42. The zero-order chi connectivity index (χ0) is 19.7. The first-order valence-corrected chi connectivity index (χ1v) is 9.42. The number of rotatable bonds is 5. The molecule has 7 heteroatoms. The van der Waals surface area contributed by atoms with Gasteiger partial charge < -0.3 is 10.1 Å². The molecule has 3 heterocycles. The normalized spacial score (nSPS) is 16.0. The maximum atomic E-state index is 12.5. The largest absolute Gasteiger partial charge is 0.493 e. The van der Waals surface area contributed by atoms with Crippen LogP contribution < -0.4 is 10.1 Å². The molecule has 1 amide bonds. The van der Waals surface area contributed by atoms with Gasteiger partial charge in [0.25, 0.3) is 5.95 Å². The number of nitrogens with zero attached hydrogens (tertiary/aromatic N) is 4. The number of fused-ring (bicyclic) bond motifs is 1. The molecule has 2 aromatic heterocycles. The molecule has 0 fully saturated rings. The van der Waals surface area contributed by atoms with Crippen LogP contribution in [0.3, 0.4) is 0 Å². The third-order valence-corrected chi connectivity index (χ3v) is 4.69. The van der Waals surface area contributed by atoms with Gasteiger partial charge in [0.15, 0.2) is 0 Å². The second kappa shape index (κ2) is 7.42. The number of benzene rings is 1. The topological polar surface area (TPSA) is 81.9 Å². The van der Waals surface area contributed by atoms with Crippen molar-refractivity contribution >= 4 is 11.7 Å². The van der Waals surface area contributed by atoms with Gasteiger partial charge in [-0.3, -0.25) is 4.79 Å². The van der Waals surface area contributed by atoms with Gasteiger partial charge in [0, 0.05) is 30.3 Å². The van der Waals surface area contributed by atoms with Crippen molar-refractivity contribution in [1.29, 1.82) is 0 Å². The molecule has 1 atom stereocenters. The minimum absolute atomic E-state index is 0.0527. The van der Waals surface area contributed by atoms with Crippen LogP contribution >= 0.6 is 0 Å². The van der Waals surface area contributed by atoms with Crippen molar-refractivity contribution in [1.82, 2.24) is 19.7 Å². The molecule has 1 N–H and O–H groups in total. The highest BCUT2D eigenvalue weighted by Gasteiger charge is 2.33. The monoisotopic (exact) mass is 377 g/mol. The lowest BCUT2D eigenvalue weighted by Crippen LogP contribution is -2.25. The van der Waals surface area contributed by atoms with E-state index in [1.165, 1.54) is 0 Å². The number of hydrogen-bond acceptors (Lipinski definition) is 5. The molecule has 0 saturated carbocycles. The minimum atomic E-state index is -0.0937. The van der Waals surface area contributed by atoms with Crippen LogP contribution in [0.25, 0.3) is 5.95 Å². The maximum Gasteiger partial charge on any atom is 0.252 e. The molecule has 0 radical (unpaired) electrons. The van der Waals surface area contributed by atoms with Gasteiger partial charge in [-0.05, 0) is 36.6 Å². The molecular weight excluding hydrogens is 354 g/mol. The third kappa shape index (κ3) is 3.47. The van der Waals surface area contributed by atoms with E-state index in [1.807, 2.05) is 31.2 Å². The number of anilines is 1. The summed E-state index contributed by atoms with van der Waals surface area (Å²) in [5.41, 5.74) is 2.88. The van der Waals surface area contributed by atoms with Crippen molar-refractivity contribution in [3.63, 3.8) is 0 Å². The summed E-state index contributed by atoms with van der Waals surface area (Å²) in [6.45, 7) is 6.83. The smallest absolute Gasteiger partial charge is 0.252 e. The highest BCUT2D eigenvalue weighted by atomic mass is 16.5. The summed E-state index contributed by atoms with van der Waals surface area (Å²) in [7, 11) is 0. The second-order valence-corrected chi connectivity index (χ2v) is 7.39. The van der Waals surface area contributed by atoms with Crippen molar-refractivity contribution in [3.8, 4) is 11.7 Å². The highest BCUT2D eigenvalue weighted by Crippen LogP contribution is 2.40. The van der Waals surface area contributed by atoms with Crippen LogP contribution in [-0.2, 0) is 4.79 Å². The van der Waals surface area contributed by atoms with Crippen LogP contribution in [0.2, 0.25) is 0 Å². The van der Waals surface area contributed by atoms with Gasteiger partial charge in [-0.15, -0.1) is 0 Å². The molecule has 0 saturated heterocycles. The van der Waals surface area contributed by atoms with E-state index in [0.717, 1.165) is 22.6 Å². The molecule has 0 aliphatic carbocycles. The fourth-order valence-electron chi connectivity index (χ4n) is 3.46. The van der Waals surface area contributed by atoms with E-state index in [9.17, 15) is 4.79 Å². The molecule has 1 aromatic carbocycles. The predicted molar refractivity (Wildman–Crippen MR) is 106 cm³/mol. The maximum absolute atomic E-state index is 12.5. The van der Waals surface area contributed by atoms with Crippen LogP contribution in [0.4, 0.5) is 5.82 Å². The summed E-state index contributed by atoms with van der Waals surface area (Å²) < 4.78 is 7.48. The molecule has 0 unspecified atom stereocenters. The summed E-state index contributed by atoms with van der Waals surface area (Å²) in [5.74, 6) is 2.18. The molecule has 7 nitrogen and oxygen atoms in total. The Kier molecular flexibility index (Phi) is 4.81. The fraction of sp³-hybridized carbons (Fsp3) is 0.333. The first kappa shape index (κ1) is 18.2. The van der Waals surface area contributed by atoms with Gasteiger partial charge in [-0.25, -0.2) is 9.97 Å². The Balaban J connectivity index is 1.75. The summed E-state index contributed by atoms with van der Waals surface area (Å²) in [6, 6.07) is 9.72. The van der Waals surface area contributed by atoms with E-state index < -0.39 is 0 Å². The van der Waals surface area contributed by atoms with E-state index in [1.54, 1.807) is 23.1 Å². The Hall–Kier alpha value is -3.22. The Bertz CT molecular complexity index is 997. The Morgan fingerprint density at radius 3 is 2.79 bits per heavy atom. The van der Waals surface area contributed by atoms with Crippen LogP contribution in [0, 0.1) is 12.8 Å². The zero-order valence-electron chi connectivity index (χ0n) is 16.2. The summed E-state index contributed by atoms with van der Waals surface area (Å²) >= 11 is 0. The number of aryl methyl sites for hydroxylation is 1. The molecule has 28 heavy (non-hydrogen) atoms. The number of carbonyl (C=O) groups excluding carboxylic acids is 1. The van der Waals surface area contributed by atoms with E-state index in [-0.39, 0.29) is 11.8 Å². The second-order valence-electron chi connectivity index (χ2n) is 7.39. The molecule has 1 aliphatic heterocycles. The third-order valence-electron chi connectivity index (χ3n) is 4.69. The average Bonchev–Trinajstić information content (AvgIpc) is 3.03. The Labute approximate surface area is 163 Å². The van der Waals surface area contributed by atoms with E-state index >= 15 is 0 Å². The van der Waals surface area contributed by atoms with Gasteiger partial charge in [-0.1, -0.05) is 26.0 Å². The number of amides is 1. The van der Waals surface area contributed by atoms with Gasteiger partial charge in [0.05, 0.1) is 12.3 Å². The van der Waals surface area contributed by atoms with E-state index in [2.05, 4.69) is 34.2 Å². The number of nitrogens with one attached hydrogen (secondary N) is 1.